The van der Waals surface area contributed by atoms with Gasteiger partial charge in [0.2, 0.25) is 0 Å². The number of nitrogens with zero attached hydrogens (tertiary/aromatic N) is 4. The minimum atomic E-state index is -0.307. The zero-order valence-corrected chi connectivity index (χ0v) is 21.4. The van der Waals surface area contributed by atoms with Crippen LogP contribution in [0.15, 0.2) is 58.5 Å². The molecule has 0 saturated heterocycles. The number of aromatic amines is 1. The molecule has 35 heavy (non-hydrogen) atoms. The van der Waals surface area contributed by atoms with E-state index in [-0.39, 0.29) is 17.5 Å². The van der Waals surface area contributed by atoms with Crippen molar-refractivity contribution in [2.45, 2.75) is 50.7 Å². The number of carbonyl (C=O) groups is 1. The number of benzene rings is 2. The Morgan fingerprint density at radius 3 is 2.60 bits per heavy atom. The van der Waals surface area contributed by atoms with Gasteiger partial charge in [-0.3, -0.25) is 9.59 Å². The maximum atomic E-state index is 12.9. The maximum Gasteiger partial charge on any atom is 0.258 e. The lowest BCUT2D eigenvalue weighted by molar-refractivity contribution is 0.0929. The predicted molar refractivity (Wildman–Crippen MR) is 139 cm³/mol. The number of rotatable bonds is 9. The number of carbonyl (C=O) groups excluding carboxylic acids is 1. The molecule has 0 aliphatic rings. The number of halogens is 1. The van der Waals surface area contributed by atoms with Crippen molar-refractivity contribution in [1.29, 1.82) is 0 Å². The first-order valence-corrected chi connectivity index (χ1v) is 12.8. The van der Waals surface area contributed by atoms with Crippen molar-refractivity contribution in [2.75, 3.05) is 0 Å². The lowest BCUT2D eigenvalue weighted by atomic mass is 10.0. The third-order valence-corrected chi connectivity index (χ3v) is 6.72. The van der Waals surface area contributed by atoms with E-state index in [0.717, 1.165) is 0 Å². The molecule has 1 amide bonds. The van der Waals surface area contributed by atoms with Gasteiger partial charge in [0, 0.05) is 17.1 Å². The van der Waals surface area contributed by atoms with Gasteiger partial charge in [0.05, 0.1) is 22.7 Å². The Morgan fingerprint density at radius 1 is 1.14 bits per heavy atom. The van der Waals surface area contributed by atoms with Crippen molar-refractivity contribution in [3.8, 4) is 0 Å². The van der Waals surface area contributed by atoms with E-state index in [4.69, 9.17) is 11.6 Å². The molecule has 2 aromatic carbocycles. The molecule has 4 rings (SSSR count). The van der Waals surface area contributed by atoms with E-state index in [0.29, 0.717) is 62.9 Å². The predicted octanol–water partition coefficient (Wildman–Crippen LogP) is 5.00. The Kier molecular flexibility index (Phi) is 7.87. The molecule has 0 spiro atoms. The van der Waals surface area contributed by atoms with E-state index < -0.39 is 0 Å². The summed E-state index contributed by atoms with van der Waals surface area (Å²) in [7, 11) is 0. The van der Waals surface area contributed by atoms with Gasteiger partial charge in [0.15, 0.2) is 11.0 Å². The summed E-state index contributed by atoms with van der Waals surface area (Å²) in [5.41, 5.74) is 1.03. The van der Waals surface area contributed by atoms with E-state index in [1.54, 1.807) is 30.3 Å². The standard InChI is InChI=1S/C25H27ClN6O2S/c1-4-32-22(20(13-15(2)3)28-23(33)16-9-11-17(26)12-10-16)30-31-25(32)35-14-21-27-19-8-6-5-7-18(19)24(34)29-21/h5-12,15,20H,4,13-14H2,1-3H3,(H,28,33)(H,27,29,34). The van der Waals surface area contributed by atoms with E-state index >= 15 is 0 Å². The summed E-state index contributed by atoms with van der Waals surface area (Å²) in [6.45, 7) is 6.86. The third kappa shape index (κ3) is 5.91. The highest BCUT2D eigenvalue weighted by molar-refractivity contribution is 7.98. The summed E-state index contributed by atoms with van der Waals surface area (Å²) in [4.78, 5) is 32.7. The lowest BCUT2D eigenvalue weighted by Crippen LogP contribution is -2.31. The maximum absolute atomic E-state index is 12.9. The molecule has 182 valence electrons. The Bertz CT molecular complexity index is 1380. The molecule has 2 aromatic heterocycles. The summed E-state index contributed by atoms with van der Waals surface area (Å²) in [5, 5.41) is 13.8. The highest BCUT2D eigenvalue weighted by Crippen LogP contribution is 2.27. The first-order chi connectivity index (χ1) is 16.9. The molecule has 1 atom stereocenters. The molecule has 0 radical (unpaired) electrons. The number of hydrogen-bond acceptors (Lipinski definition) is 6. The minimum absolute atomic E-state index is 0.161. The van der Waals surface area contributed by atoms with E-state index in [1.165, 1.54) is 11.8 Å². The average molecular weight is 511 g/mol. The van der Waals surface area contributed by atoms with Crippen LogP contribution < -0.4 is 10.9 Å². The molecule has 8 nitrogen and oxygen atoms in total. The highest BCUT2D eigenvalue weighted by atomic mass is 35.5. The van der Waals surface area contributed by atoms with Crippen molar-refractivity contribution in [2.24, 2.45) is 5.92 Å². The number of hydrogen-bond donors (Lipinski definition) is 2. The summed E-state index contributed by atoms with van der Waals surface area (Å²) in [6.07, 6.45) is 0.710. The van der Waals surface area contributed by atoms with Crippen LogP contribution in [0.5, 0.6) is 0 Å². The van der Waals surface area contributed by atoms with Gasteiger partial charge in [-0.2, -0.15) is 0 Å². The van der Waals surface area contributed by atoms with Gasteiger partial charge in [-0.1, -0.05) is 49.3 Å². The van der Waals surface area contributed by atoms with Crippen molar-refractivity contribution in [3.05, 3.63) is 81.1 Å². The molecule has 0 aliphatic heterocycles. The highest BCUT2D eigenvalue weighted by Gasteiger charge is 2.24. The van der Waals surface area contributed by atoms with Crippen LogP contribution in [-0.4, -0.2) is 30.6 Å². The van der Waals surface area contributed by atoms with Crippen molar-refractivity contribution in [3.63, 3.8) is 0 Å². The molecule has 0 saturated carbocycles. The number of thioether (sulfide) groups is 1. The molecule has 4 aromatic rings. The topological polar surface area (TPSA) is 106 Å². The third-order valence-electron chi connectivity index (χ3n) is 5.49. The van der Waals surface area contributed by atoms with Crippen LogP contribution in [-0.2, 0) is 12.3 Å². The monoisotopic (exact) mass is 510 g/mol. The number of H-pyrrole nitrogens is 1. The van der Waals surface area contributed by atoms with Crippen LogP contribution in [0.4, 0.5) is 0 Å². The van der Waals surface area contributed by atoms with Crippen LogP contribution in [0, 0.1) is 5.92 Å². The summed E-state index contributed by atoms with van der Waals surface area (Å²) < 4.78 is 2.00. The fourth-order valence-corrected chi connectivity index (χ4v) is 4.85. The van der Waals surface area contributed by atoms with Crippen molar-refractivity contribution in [1.82, 2.24) is 30.0 Å². The largest absolute Gasteiger partial charge is 0.342 e. The number of fused-ring (bicyclic) bond motifs is 1. The van der Waals surface area contributed by atoms with Crippen LogP contribution in [0.2, 0.25) is 5.02 Å². The van der Waals surface area contributed by atoms with Crippen molar-refractivity contribution < 1.29 is 4.79 Å². The normalized spacial score (nSPS) is 12.3. The van der Waals surface area contributed by atoms with E-state index in [2.05, 4.69) is 39.3 Å². The Balaban J connectivity index is 1.55. The van der Waals surface area contributed by atoms with Gasteiger partial charge in [-0.15, -0.1) is 10.2 Å². The number of para-hydroxylation sites is 1. The summed E-state index contributed by atoms with van der Waals surface area (Å²) in [6, 6.07) is 13.7. The molecule has 0 fully saturated rings. The first kappa shape index (κ1) is 24.9. The quantitative estimate of drug-likeness (QED) is 0.307. The molecule has 2 heterocycles. The molecular formula is C25H27ClN6O2S. The summed E-state index contributed by atoms with van der Waals surface area (Å²) >= 11 is 7.41. The second-order valence-electron chi connectivity index (χ2n) is 8.57. The number of aromatic nitrogens is 5. The number of nitrogens with one attached hydrogen (secondary N) is 2. The average Bonchev–Trinajstić information content (AvgIpc) is 3.25. The molecule has 0 bridgehead atoms. The minimum Gasteiger partial charge on any atom is -0.342 e. The van der Waals surface area contributed by atoms with E-state index in [9.17, 15) is 9.59 Å². The van der Waals surface area contributed by atoms with Crippen molar-refractivity contribution >= 4 is 40.2 Å². The van der Waals surface area contributed by atoms with Gasteiger partial charge in [-0.05, 0) is 55.7 Å². The van der Waals surface area contributed by atoms with E-state index in [1.807, 2.05) is 29.7 Å². The molecule has 1 unspecified atom stereocenters. The molecule has 2 N–H and O–H groups in total. The SMILES string of the molecule is CCn1c(SCc2nc3ccccc3c(=O)[nH]2)nnc1C(CC(C)C)NC(=O)c1ccc(Cl)cc1. The Hall–Kier alpha value is -3.17. The zero-order chi connectivity index (χ0) is 24.9. The van der Waals surface area contributed by atoms with Gasteiger partial charge < -0.3 is 14.9 Å². The second kappa shape index (κ2) is 11.0. The van der Waals surface area contributed by atoms with Crippen LogP contribution in [0.3, 0.4) is 0 Å². The first-order valence-electron chi connectivity index (χ1n) is 11.5. The second-order valence-corrected chi connectivity index (χ2v) is 9.94. The Morgan fingerprint density at radius 2 is 1.89 bits per heavy atom. The van der Waals surface area contributed by atoms with Crippen LogP contribution in [0.1, 0.15) is 55.2 Å². The smallest absolute Gasteiger partial charge is 0.258 e. The van der Waals surface area contributed by atoms with Gasteiger partial charge in [-0.25, -0.2) is 4.98 Å². The molecule has 10 heteroatoms. The van der Waals surface area contributed by atoms with Gasteiger partial charge in [0.1, 0.15) is 5.82 Å². The van der Waals surface area contributed by atoms with Gasteiger partial charge >= 0.3 is 0 Å². The Labute approximate surface area is 212 Å². The molecule has 0 aliphatic carbocycles. The lowest BCUT2D eigenvalue weighted by Gasteiger charge is -2.21. The summed E-state index contributed by atoms with van der Waals surface area (Å²) in [5.74, 6) is 1.84. The van der Waals surface area contributed by atoms with Gasteiger partial charge in [0.25, 0.3) is 11.5 Å². The van der Waals surface area contributed by atoms with Crippen LogP contribution >= 0.6 is 23.4 Å². The fraction of sp³-hybridized carbons (Fsp3) is 0.320. The zero-order valence-electron chi connectivity index (χ0n) is 19.8. The fourth-order valence-electron chi connectivity index (χ4n) is 3.84. The van der Waals surface area contributed by atoms with Crippen LogP contribution in [0.25, 0.3) is 10.9 Å². The number of amides is 1. The molecular weight excluding hydrogens is 484 g/mol.